The van der Waals surface area contributed by atoms with E-state index in [0.717, 1.165) is 22.4 Å². The smallest absolute Gasteiger partial charge is 0.339 e. The van der Waals surface area contributed by atoms with Crippen LogP contribution in [0.25, 0.3) is 0 Å². The van der Waals surface area contributed by atoms with Crippen molar-refractivity contribution in [3.8, 4) is 11.5 Å². The van der Waals surface area contributed by atoms with Crippen molar-refractivity contribution in [2.75, 3.05) is 7.11 Å². The van der Waals surface area contributed by atoms with Crippen LogP contribution in [0.3, 0.4) is 0 Å². The van der Waals surface area contributed by atoms with E-state index >= 15 is 0 Å². The molecule has 134 valence electrons. The Morgan fingerprint density at radius 2 is 1.50 bits per heavy atom. The van der Waals surface area contributed by atoms with Crippen molar-refractivity contribution in [3.63, 3.8) is 0 Å². The van der Waals surface area contributed by atoms with Crippen LogP contribution in [0.5, 0.6) is 11.5 Å². The van der Waals surface area contributed by atoms with Crippen molar-refractivity contribution in [1.29, 1.82) is 0 Å². The lowest BCUT2D eigenvalue weighted by atomic mass is 10.0. The van der Waals surface area contributed by atoms with E-state index in [1.807, 2.05) is 43.3 Å². The maximum Gasteiger partial charge on any atom is 0.339 e. The first-order valence-corrected chi connectivity index (χ1v) is 9.61. The molecule has 0 aromatic heterocycles. The Balaban J connectivity index is 1.85. The lowest BCUT2D eigenvalue weighted by molar-refractivity contribution is 0.414. The number of para-hydroxylation sites is 1. The summed E-state index contributed by atoms with van der Waals surface area (Å²) in [7, 11) is -2.26. The molecule has 0 bridgehead atoms. The molecule has 0 aliphatic carbocycles. The van der Waals surface area contributed by atoms with Crippen LogP contribution < -0.4 is 8.92 Å². The number of hydrogen-bond acceptors (Lipinski definition) is 4. The third-order valence-electron chi connectivity index (χ3n) is 4.04. The summed E-state index contributed by atoms with van der Waals surface area (Å²) in [6.45, 7) is 1.90. The predicted molar refractivity (Wildman–Crippen MR) is 101 cm³/mol. The van der Waals surface area contributed by atoms with Crippen molar-refractivity contribution in [3.05, 3.63) is 89.5 Å². The molecule has 0 unspecified atom stereocenters. The number of benzene rings is 3. The molecule has 0 atom stereocenters. The van der Waals surface area contributed by atoms with E-state index in [9.17, 15) is 8.42 Å². The third-order valence-corrected chi connectivity index (χ3v) is 5.28. The first-order chi connectivity index (χ1) is 12.5. The minimum absolute atomic E-state index is 0.141. The van der Waals surface area contributed by atoms with Gasteiger partial charge in [-0.1, -0.05) is 48.0 Å². The minimum atomic E-state index is -3.88. The van der Waals surface area contributed by atoms with Crippen molar-refractivity contribution in [2.45, 2.75) is 18.2 Å². The van der Waals surface area contributed by atoms with Crippen molar-refractivity contribution in [1.82, 2.24) is 0 Å². The van der Waals surface area contributed by atoms with Gasteiger partial charge >= 0.3 is 10.1 Å². The Labute approximate surface area is 154 Å². The predicted octanol–water partition coefficient (Wildman–Crippen LogP) is 4.36. The molecule has 0 aliphatic heterocycles. The van der Waals surface area contributed by atoms with E-state index in [1.54, 1.807) is 43.5 Å². The molecule has 0 amide bonds. The molecule has 3 aromatic carbocycles. The van der Waals surface area contributed by atoms with E-state index in [0.29, 0.717) is 12.2 Å². The number of hydrogen-bond donors (Lipinski definition) is 0. The first-order valence-electron chi connectivity index (χ1n) is 8.20. The van der Waals surface area contributed by atoms with Gasteiger partial charge in [0.2, 0.25) is 0 Å². The number of rotatable bonds is 6. The quantitative estimate of drug-likeness (QED) is 0.607. The Kier molecular flexibility index (Phi) is 5.28. The Morgan fingerprint density at radius 1 is 0.846 bits per heavy atom. The maximum absolute atomic E-state index is 12.6. The van der Waals surface area contributed by atoms with Gasteiger partial charge in [-0.15, -0.1) is 0 Å². The SMILES string of the molecule is COc1ccc(Cc2ccccc2OS(=O)(=O)c2ccc(C)cc2)cc1. The first kappa shape index (κ1) is 18.0. The normalized spacial score (nSPS) is 11.2. The van der Waals surface area contributed by atoms with Gasteiger partial charge in [0.25, 0.3) is 0 Å². The zero-order valence-corrected chi connectivity index (χ0v) is 15.5. The van der Waals surface area contributed by atoms with Gasteiger partial charge in [0, 0.05) is 12.0 Å². The minimum Gasteiger partial charge on any atom is -0.497 e. The van der Waals surface area contributed by atoms with Crippen molar-refractivity contribution in [2.24, 2.45) is 0 Å². The molecule has 0 aliphatic rings. The Morgan fingerprint density at radius 3 is 2.15 bits per heavy atom. The summed E-state index contributed by atoms with van der Waals surface area (Å²) in [5, 5.41) is 0. The summed E-state index contributed by atoms with van der Waals surface area (Å²) in [6.07, 6.45) is 0.559. The van der Waals surface area contributed by atoms with E-state index in [2.05, 4.69) is 0 Å². The highest BCUT2D eigenvalue weighted by atomic mass is 32.2. The van der Waals surface area contributed by atoms with Crippen molar-refractivity contribution < 1.29 is 17.3 Å². The molecule has 4 nitrogen and oxygen atoms in total. The van der Waals surface area contributed by atoms with Gasteiger partial charge in [0.1, 0.15) is 16.4 Å². The number of ether oxygens (including phenoxy) is 1. The highest BCUT2D eigenvalue weighted by Crippen LogP contribution is 2.26. The van der Waals surface area contributed by atoms with Crippen LogP contribution in [0, 0.1) is 6.92 Å². The lowest BCUT2D eigenvalue weighted by Crippen LogP contribution is -2.11. The zero-order chi connectivity index (χ0) is 18.6. The zero-order valence-electron chi connectivity index (χ0n) is 14.7. The van der Waals surface area contributed by atoms with Gasteiger partial charge in [-0.05, 0) is 42.8 Å². The molecule has 0 fully saturated rings. The highest BCUT2D eigenvalue weighted by molar-refractivity contribution is 7.87. The molecule has 26 heavy (non-hydrogen) atoms. The van der Waals surface area contributed by atoms with Crippen LogP contribution in [0.2, 0.25) is 0 Å². The summed E-state index contributed by atoms with van der Waals surface area (Å²) in [5.74, 6) is 1.11. The molecular weight excluding hydrogens is 348 g/mol. The summed E-state index contributed by atoms with van der Waals surface area (Å²) in [4.78, 5) is 0.141. The van der Waals surface area contributed by atoms with E-state index < -0.39 is 10.1 Å². The average molecular weight is 368 g/mol. The summed E-state index contributed by atoms with van der Waals surface area (Å²) in [6, 6.07) is 21.4. The van der Waals surface area contributed by atoms with Crippen molar-refractivity contribution >= 4 is 10.1 Å². The Hall–Kier alpha value is -2.79. The summed E-state index contributed by atoms with van der Waals surface area (Å²) in [5.41, 5.74) is 2.83. The largest absolute Gasteiger partial charge is 0.497 e. The monoisotopic (exact) mass is 368 g/mol. The summed E-state index contributed by atoms with van der Waals surface area (Å²) >= 11 is 0. The molecule has 3 aromatic rings. The molecular formula is C21H20O4S. The molecule has 0 saturated heterocycles. The highest BCUT2D eigenvalue weighted by Gasteiger charge is 2.18. The fraction of sp³-hybridized carbons (Fsp3) is 0.143. The maximum atomic E-state index is 12.6. The van der Waals surface area contributed by atoms with Crippen LogP contribution in [0.15, 0.2) is 77.7 Å². The second-order valence-corrected chi connectivity index (χ2v) is 7.53. The van der Waals surface area contributed by atoms with Crippen LogP contribution >= 0.6 is 0 Å². The van der Waals surface area contributed by atoms with E-state index in [4.69, 9.17) is 8.92 Å². The van der Waals surface area contributed by atoms with Gasteiger partial charge in [-0.2, -0.15) is 8.42 Å². The second-order valence-electron chi connectivity index (χ2n) is 5.98. The number of methoxy groups -OCH3 is 1. The van der Waals surface area contributed by atoms with Gasteiger partial charge in [-0.3, -0.25) is 0 Å². The van der Waals surface area contributed by atoms with Crippen LogP contribution in [-0.4, -0.2) is 15.5 Å². The molecule has 0 N–H and O–H groups in total. The molecule has 0 heterocycles. The fourth-order valence-corrected chi connectivity index (χ4v) is 3.53. The van der Waals surface area contributed by atoms with E-state index in [-0.39, 0.29) is 4.90 Å². The molecule has 3 rings (SSSR count). The third kappa shape index (κ3) is 4.24. The van der Waals surface area contributed by atoms with Gasteiger partial charge in [-0.25, -0.2) is 0 Å². The van der Waals surface area contributed by atoms with Gasteiger partial charge < -0.3 is 8.92 Å². The fourth-order valence-electron chi connectivity index (χ4n) is 2.57. The molecule has 5 heteroatoms. The molecule has 0 radical (unpaired) electrons. The lowest BCUT2D eigenvalue weighted by Gasteiger charge is -2.12. The van der Waals surface area contributed by atoms with E-state index in [1.165, 1.54) is 0 Å². The van der Waals surface area contributed by atoms with Crippen LogP contribution in [0.4, 0.5) is 0 Å². The topological polar surface area (TPSA) is 52.6 Å². The summed E-state index contributed by atoms with van der Waals surface area (Å²) < 4.78 is 35.7. The van der Waals surface area contributed by atoms with Crippen LogP contribution in [0.1, 0.15) is 16.7 Å². The standard InChI is InChI=1S/C21H20O4S/c1-16-7-13-20(14-8-16)26(22,23)25-21-6-4-3-5-18(21)15-17-9-11-19(24-2)12-10-17/h3-14H,15H2,1-2H3. The van der Waals surface area contributed by atoms with Crippen LogP contribution in [-0.2, 0) is 16.5 Å². The second kappa shape index (κ2) is 7.62. The molecule has 0 spiro atoms. The average Bonchev–Trinajstić information content (AvgIpc) is 2.64. The number of aryl methyl sites for hydroxylation is 1. The molecule has 0 saturated carbocycles. The van der Waals surface area contributed by atoms with Gasteiger partial charge in [0.05, 0.1) is 7.11 Å². The Bertz CT molecular complexity index is 975. The van der Waals surface area contributed by atoms with Gasteiger partial charge in [0.15, 0.2) is 0 Å².